The SMILES string of the molecule is Cc1ccc(C(=O)O)cc1NC(=O)c1ccc(-c2ccc(Cl)c(Cl)c2)o1. The van der Waals surface area contributed by atoms with Crippen LogP contribution in [0.5, 0.6) is 0 Å². The van der Waals surface area contributed by atoms with Gasteiger partial charge in [-0.3, -0.25) is 4.79 Å². The minimum Gasteiger partial charge on any atom is -0.478 e. The number of hydrogen-bond acceptors (Lipinski definition) is 3. The molecule has 3 rings (SSSR count). The van der Waals surface area contributed by atoms with Crippen molar-refractivity contribution < 1.29 is 19.1 Å². The summed E-state index contributed by atoms with van der Waals surface area (Å²) >= 11 is 11.9. The number of amides is 1. The zero-order chi connectivity index (χ0) is 18.8. The third-order valence-corrected chi connectivity index (χ3v) is 4.51. The highest BCUT2D eigenvalue weighted by Crippen LogP contribution is 2.30. The lowest BCUT2D eigenvalue weighted by Crippen LogP contribution is -2.12. The average molecular weight is 390 g/mol. The van der Waals surface area contributed by atoms with Crippen molar-refractivity contribution in [2.24, 2.45) is 0 Å². The van der Waals surface area contributed by atoms with Gasteiger partial charge in [-0.1, -0.05) is 29.3 Å². The monoisotopic (exact) mass is 389 g/mol. The van der Waals surface area contributed by atoms with Gasteiger partial charge in [-0.25, -0.2) is 4.79 Å². The number of carboxylic acids is 1. The molecule has 0 saturated carbocycles. The van der Waals surface area contributed by atoms with Crippen molar-refractivity contribution in [1.82, 2.24) is 0 Å². The summed E-state index contributed by atoms with van der Waals surface area (Å²) in [6, 6.07) is 12.7. The summed E-state index contributed by atoms with van der Waals surface area (Å²) in [5, 5.41) is 12.5. The maximum absolute atomic E-state index is 12.4. The molecule has 0 aliphatic rings. The van der Waals surface area contributed by atoms with Gasteiger partial charge >= 0.3 is 5.97 Å². The Labute approximate surface area is 159 Å². The Morgan fingerprint density at radius 1 is 1.00 bits per heavy atom. The van der Waals surface area contributed by atoms with E-state index in [2.05, 4.69) is 5.32 Å². The number of rotatable bonds is 4. The maximum Gasteiger partial charge on any atom is 0.335 e. The molecule has 1 aromatic heterocycles. The number of carboxylic acid groups (broad SMARTS) is 1. The Hall–Kier alpha value is -2.76. The van der Waals surface area contributed by atoms with E-state index >= 15 is 0 Å². The average Bonchev–Trinajstić information content (AvgIpc) is 3.09. The van der Waals surface area contributed by atoms with Crippen LogP contribution in [-0.2, 0) is 0 Å². The molecule has 2 N–H and O–H groups in total. The van der Waals surface area contributed by atoms with Gasteiger partial charge in [-0.15, -0.1) is 0 Å². The smallest absolute Gasteiger partial charge is 0.335 e. The first-order valence-electron chi connectivity index (χ1n) is 7.55. The Morgan fingerprint density at radius 3 is 2.46 bits per heavy atom. The highest BCUT2D eigenvalue weighted by molar-refractivity contribution is 6.42. The van der Waals surface area contributed by atoms with Gasteiger partial charge < -0.3 is 14.8 Å². The number of hydrogen-bond donors (Lipinski definition) is 2. The van der Waals surface area contributed by atoms with E-state index in [1.54, 1.807) is 37.3 Å². The molecule has 0 spiro atoms. The van der Waals surface area contributed by atoms with Crippen LogP contribution in [0.25, 0.3) is 11.3 Å². The number of aryl methyl sites for hydroxylation is 1. The highest BCUT2D eigenvalue weighted by atomic mass is 35.5. The largest absolute Gasteiger partial charge is 0.478 e. The molecule has 3 aromatic rings. The van der Waals surface area contributed by atoms with Crippen molar-refractivity contribution in [3.05, 3.63) is 75.5 Å². The molecule has 0 bridgehead atoms. The van der Waals surface area contributed by atoms with E-state index in [1.807, 2.05) is 0 Å². The quantitative estimate of drug-likeness (QED) is 0.616. The van der Waals surface area contributed by atoms with Crippen LogP contribution in [0.2, 0.25) is 10.0 Å². The van der Waals surface area contributed by atoms with Crippen molar-refractivity contribution >= 4 is 40.8 Å². The van der Waals surface area contributed by atoms with Crippen LogP contribution in [0.4, 0.5) is 5.69 Å². The second kappa shape index (κ2) is 7.23. The van der Waals surface area contributed by atoms with Gasteiger partial charge in [0.15, 0.2) is 5.76 Å². The van der Waals surface area contributed by atoms with E-state index in [4.69, 9.17) is 32.7 Å². The molecular formula is C19H13Cl2NO4. The molecule has 132 valence electrons. The van der Waals surface area contributed by atoms with Crippen LogP contribution in [-0.4, -0.2) is 17.0 Å². The lowest BCUT2D eigenvalue weighted by molar-refractivity contribution is 0.0696. The molecule has 0 aliphatic heterocycles. The summed E-state index contributed by atoms with van der Waals surface area (Å²) < 4.78 is 5.59. The summed E-state index contributed by atoms with van der Waals surface area (Å²) in [5.41, 5.74) is 1.91. The van der Waals surface area contributed by atoms with Gasteiger partial charge in [0.1, 0.15) is 5.76 Å². The number of furan rings is 1. The van der Waals surface area contributed by atoms with Gasteiger partial charge in [-0.05, 0) is 55.0 Å². The lowest BCUT2D eigenvalue weighted by Gasteiger charge is -2.08. The second-order valence-corrected chi connectivity index (χ2v) is 6.40. The van der Waals surface area contributed by atoms with Crippen LogP contribution in [0, 0.1) is 6.92 Å². The third-order valence-electron chi connectivity index (χ3n) is 3.77. The first kappa shape index (κ1) is 18.0. The molecule has 5 nitrogen and oxygen atoms in total. The normalized spacial score (nSPS) is 10.6. The van der Waals surface area contributed by atoms with Crippen molar-refractivity contribution in [2.45, 2.75) is 6.92 Å². The van der Waals surface area contributed by atoms with Crippen molar-refractivity contribution in [1.29, 1.82) is 0 Å². The molecule has 1 amide bonds. The van der Waals surface area contributed by atoms with Gasteiger partial charge in [0.05, 0.1) is 15.6 Å². The van der Waals surface area contributed by atoms with Crippen LogP contribution in [0.3, 0.4) is 0 Å². The number of benzene rings is 2. The molecule has 26 heavy (non-hydrogen) atoms. The number of carbonyl (C=O) groups is 2. The van der Waals surface area contributed by atoms with Gasteiger partial charge in [0.2, 0.25) is 0 Å². The van der Waals surface area contributed by atoms with Crippen LogP contribution < -0.4 is 5.32 Å². The number of anilines is 1. The van der Waals surface area contributed by atoms with Gasteiger partial charge in [0, 0.05) is 11.3 Å². The van der Waals surface area contributed by atoms with E-state index in [0.717, 1.165) is 5.56 Å². The minimum atomic E-state index is -1.07. The predicted octanol–water partition coefficient (Wildman–Crippen LogP) is 5.51. The molecule has 0 unspecified atom stereocenters. The topological polar surface area (TPSA) is 79.5 Å². The highest BCUT2D eigenvalue weighted by Gasteiger charge is 2.15. The van der Waals surface area contributed by atoms with E-state index in [-0.39, 0.29) is 11.3 Å². The molecule has 1 heterocycles. The number of carbonyl (C=O) groups excluding carboxylic acids is 1. The predicted molar refractivity (Wildman–Crippen MR) is 100 cm³/mol. The zero-order valence-electron chi connectivity index (χ0n) is 13.5. The minimum absolute atomic E-state index is 0.0850. The molecule has 2 aromatic carbocycles. The Balaban J connectivity index is 1.83. The molecule has 0 fully saturated rings. The fourth-order valence-electron chi connectivity index (χ4n) is 2.34. The molecule has 7 heteroatoms. The molecule has 0 atom stereocenters. The lowest BCUT2D eigenvalue weighted by atomic mass is 10.1. The standard InChI is InChI=1S/C19H13Cl2NO4/c1-10-2-3-12(19(24)25)9-15(10)22-18(23)17-7-6-16(26-17)11-4-5-13(20)14(21)8-11/h2-9H,1H3,(H,22,23)(H,24,25). The zero-order valence-corrected chi connectivity index (χ0v) is 15.1. The van der Waals surface area contributed by atoms with E-state index < -0.39 is 11.9 Å². The maximum atomic E-state index is 12.4. The molecular weight excluding hydrogens is 377 g/mol. The van der Waals surface area contributed by atoms with Crippen molar-refractivity contribution in [3.63, 3.8) is 0 Å². The second-order valence-electron chi connectivity index (χ2n) is 5.58. The molecule has 0 aliphatic carbocycles. The summed E-state index contributed by atoms with van der Waals surface area (Å²) in [6.07, 6.45) is 0. The van der Waals surface area contributed by atoms with E-state index in [0.29, 0.717) is 27.1 Å². The molecule has 0 radical (unpaired) electrons. The first-order valence-corrected chi connectivity index (χ1v) is 8.31. The summed E-state index contributed by atoms with van der Waals surface area (Å²) in [5.74, 6) is -1.00. The van der Waals surface area contributed by atoms with Crippen LogP contribution in [0.1, 0.15) is 26.5 Å². The summed E-state index contributed by atoms with van der Waals surface area (Å²) in [7, 11) is 0. The van der Waals surface area contributed by atoms with Crippen molar-refractivity contribution in [2.75, 3.05) is 5.32 Å². The first-order chi connectivity index (χ1) is 12.3. The van der Waals surface area contributed by atoms with E-state index in [9.17, 15) is 9.59 Å². The Kier molecular flexibility index (Phi) is 5.02. The number of nitrogens with one attached hydrogen (secondary N) is 1. The summed E-state index contributed by atoms with van der Waals surface area (Å²) in [4.78, 5) is 23.5. The third kappa shape index (κ3) is 3.74. The van der Waals surface area contributed by atoms with Crippen LogP contribution in [0.15, 0.2) is 52.9 Å². The fraction of sp³-hybridized carbons (Fsp3) is 0.0526. The molecule has 0 saturated heterocycles. The van der Waals surface area contributed by atoms with E-state index in [1.165, 1.54) is 18.2 Å². The Morgan fingerprint density at radius 2 is 1.77 bits per heavy atom. The van der Waals surface area contributed by atoms with Gasteiger partial charge in [0.25, 0.3) is 5.91 Å². The summed E-state index contributed by atoms with van der Waals surface area (Å²) in [6.45, 7) is 1.77. The fourth-order valence-corrected chi connectivity index (χ4v) is 2.64. The van der Waals surface area contributed by atoms with Crippen molar-refractivity contribution in [3.8, 4) is 11.3 Å². The Bertz CT molecular complexity index is 1010. The number of halogens is 2. The van der Waals surface area contributed by atoms with Crippen LogP contribution >= 0.6 is 23.2 Å². The van der Waals surface area contributed by atoms with Gasteiger partial charge in [-0.2, -0.15) is 0 Å². The number of aromatic carboxylic acids is 1.